The van der Waals surface area contributed by atoms with Crippen LogP contribution in [0.5, 0.6) is 17.2 Å². The van der Waals surface area contributed by atoms with Gasteiger partial charge in [-0.3, -0.25) is 4.79 Å². The molecule has 0 unspecified atom stereocenters. The molecule has 0 aromatic heterocycles. The maximum absolute atomic E-state index is 12.3. The normalized spacial score (nSPS) is 13.2. The minimum Gasteiger partial charge on any atom is -0.493 e. The Morgan fingerprint density at radius 3 is 2.79 bits per heavy atom. The highest BCUT2D eigenvalue weighted by atomic mass is 16.7. The Labute approximate surface area is 162 Å². The predicted octanol–water partition coefficient (Wildman–Crippen LogP) is 3.40. The first kappa shape index (κ1) is 19.3. The lowest BCUT2D eigenvalue weighted by atomic mass is 10.2. The van der Waals surface area contributed by atoms with Crippen molar-refractivity contribution < 1.29 is 28.5 Å². The van der Waals surface area contributed by atoms with E-state index in [9.17, 15) is 9.59 Å². The van der Waals surface area contributed by atoms with Gasteiger partial charge in [0, 0.05) is 23.4 Å². The summed E-state index contributed by atoms with van der Waals surface area (Å²) in [6, 6.07) is 12.4. The number of hydrogen-bond acceptors (Lipinski definition) is 6. The molecular weight excluding hydrogens is 362 g/mol. The van der Waals surface area contributed by atoms with Gasteiger partial charge in [0.15, 0.2) is 17.6 Å². The van der Waals surface area contributed by atoms with Gasteiger partial charge < -0.3 is 24.3 Å². The summed E-state index contributed by atoms with van der Waals surface area (Å²) in [6.45, 7) is 4.06. The van der Waals surface area contributed by atoms with E-state index in [1.807, 2.05) is 31.2 Å². The van der Waals surface area contributed by atoms with Crippen molar-refractivity contribution in [1.82, 2.24) is 0 Å². The second-order valence-corrected chi connectivity index (χ2v) is 5.94. The van der Waals surface area contributed by atoms with E-state index in [0.717, 1.165) is 5.56 Å². The van der Waals surface area contributed by atoms with Crippen LogP contribution in [0.25, 0.3) is 6.08 Å². The Morgan fingerprint density at radius 1 is 1.18 bits per heavy atom. The summed E-state index contributed by atoms with van der Waals surface area (Å²) in [4.78, 5) is 24.3. The van der Waals surface area contributed by atoms with Crippen molar-refractivity contribution in [3.05, 3.63) is 54.1 Å². The van der Waals surface area contributed by atoms with Crippen LogP contribution < -0.4 is 19.5 Å². The second kappa shape index (κ2) is 8.94. The van der Waals surface area contributed by atoms with E-state index in [1.165, 1.54) is 13.0 Å². The van der Waals surface area contributed by atoms with Gasteiger partial charge in [-0.1, -0.05) is 18.2 Å². The summed E-state index contributed by atoms with van der Waals surface area (Å²) in [6.07, 6.45) is 1.89. The number of esters is 1. The molecule has 2 aromatic carbocycles. The van der Waals surface area contributed by atoms with Crippen molar-refractivity contribution in [1.29, 1.82) is 0 Å². The fraction of sp³-hybridized carbons (Fsp3) is 0.238. The van der Waals surface area contributed by atoms with Crippen molar-refractivity contribution in [2.24, 2.45) is 0 Å². The highest BCUT2D eigenvalue weighted by Crippen LogP contribution is 2.34. The fourth-order valence-electron chi connectivity index (χ4n) is 2.55. The number of hydrogen-bond donors (Lipinski definition) is 1. The van der Waals surface area contributed by atoms with Crippen LogP contribution in [0.3, 0.4) is 0 Å². The third-order valence-corrected chi connectivity index (χ3v) is 3.92. The van der Waals surface area contributed by atoms with Gasteiger partial charge in [0.1, 0.15) is 5.75 Å². The van der Waals surface area contributed by atoms with Gasteiger partial charge in [-0.25, -0.2) is 4.79 Å². The minimum absolute atomic E-state index is 0.152. The SMILES string of the molecule is CCOc1ccccc1/C=C/C(=O)O[C@H](C)C(=O)Nc1ccc2c(c1)OCO2. The molecular formula is C21H21NO6. The molecule has 0 saturated heterocycles. The molecule has 0 spiro atoms. The molecule has 0 aliphatic carbocycles. The maximum Gasteiger partial charge on any atom is 0.331 e. The van der Waals surface area contributed by atoms with Gasteiger partial charge in [0.25, 0.3) is 5.91 Å². The molecule has 0 bridgehead atoms. The van der Waals surface area contributed by atoms with E-state index in [4.69, 9.17) is 18.9 Å². The first-order chi connectivity index (χ1) is 13.6. The molecule has 146 valence electrons. The van der Waals surface area contributed by atoms with Gasteiger partial charge >= 0.3 is 5.97 Å². The lowest BCUT2D eigenvalue weighted by Crippen LogP contribution is -2.29. The number of nitrogens with one attached hydrogen (secondary N) is 1. The zero-order valence-electron chi connectivity index (χ0n) is 15.6. The number of rotatable bonds is 7. The molecule has 1 aliphatic heterocycles. The lowest BCUT2D eigenvalue weighted by Gasteiger charge is -2.12. The van der Waals surface area contributed by atoms with Gasteiger partial charge in [0.05, 0.1) is 6.61 Å². The van der Waals surface area contributed by atoms with Crippen LogP contribution in [0, 0.1) is 0 Å². The number of benzene rings is 2. The van der Waals surface area contributed by atoms with Crippen molar-refractivity contribution in [2.45, 2.75) is 20.0 Å². The number of carbonyl (C=O) groups excluding carboxylic acids is 2. The monoisotopic (exact) mass is 383 g/mol. The molecule has 7 nitrogen and oxygen atoms in total. The Kier molecular flexibility index (Phi) is 6.16. The Bertz CT molecular complexity index is 892. The number of fused-ring (bicyclic) bond motifs is 1. The number of ether oxygens (including phenoxy) is 4. The molecule has 1 aliphatic rings. The van der Waals surface area contributed by atoms with Crippen molar-refractivity contribution >= 4 is 23.6 Å². The average molecular weight is 383 g/mol. The van der Waals surface area contributed by atoms with E-state index in [2.05, 4.69) is 5.32 Å². The van der Waals surface area contributed by atoms with E-state index in [0.29, 0.717) is 29.5 Å². The van der Waals surface area contributed by atoms with Gasteiger partial charge in [-0.05, 0) is 38.1 Å². The lowest BCUT2D eigenvalue weighted by molar-refractivity contribution is -0.148. The molecule has 3 rings (SSSR count). The largest absolute Gasteiger partial charge is 0.493 e. The van der Waals surface area contributed by atoms with Crippen LogP contribution in [0.2, 0.25) is 0 Å². The van der Waals surface area contributed by atoms with Crippen LogP contribution in [0.15, 0.2) is 48.5 Å². The molecule has 1 atom stereocenters. The average Bonchev–Trinajstić information content (AvgIpc) is 3.15. The molecule has 0 saturated carbocycles. The summed E-state index contributed by atoms with van der Waals surface area (Å²) in [7, 11) is 0. The summed E-state index contributed by atoms with van der Waals surface area (Å²) in [5.41, 5.74) is 1.28. The molecule has 1 N–H and O–H groups in total. The Hall–Kier alpha value is -3.48. The highest BCUT2D eigenvalue weighted by molar-refractivity contribution is 5.97. The summed E-state index contributed by atoms with van der Waals surface area (Å²) < 4.78 is 21.2. The standard InChI is InChI=1S/C21H21NO6/c1-3-25-17-7-5-4-6-15(17)8-11-20(23)28-14(2)21(24)22-16-9-10-18-19(12-16)27-13-26-18/h4-12,14H,3,13H2,1-2H3,(H,22,24)/b11-8+/t14-/m1/s1. The molecule has 0 radical (unpaired) electrons. The van der Waals surface area contributed by atoms with Crippen molar-refractivity contribution in [3.8, 4) is 17.2 Å². The second-order valence-electron chi connectivity index (χ2n) is 5.94. The predicted molar refractivity (Wildman–Crippen MR) is 103 cm³/mol. The molecule has 0 fully saturated rings. The van der Waals surface area contributed by atoms with E-state index >= 15 is 0 Å². The highest BCUT2D eigenvalue weighted by Gasteiger charge is 2.19. The third-order valence-electron chi connectivity index (χ3n) is 3.92. The maximum atomic E-state index is 12.3. The van der Waals surface area contributed by atoms with Crippen LogP contribution in [0.1, 0.15) is 19.4 Å². The van der Waals surface area contributed by atoms with Crippen molar-refractivity contribution in [3.63, 3.8) is 0 Å². The molecule has 1 heterocycles. The summed E-state index contributed by atoms with van der Waals surface area (Å²) in [5, 5.41) is 2.68. The summed E-state index contributed by atoms with van der Waals surface area (Å²) in [5.74, 6) is 0.769. The Balaban J connectivity index is 1.55. The molecule has 28 heavy (non-hydrogen) atoms. The van der Waals surface area contributed by atoms with Gasteiger partial charge in [-0.2, -0.15) is 0 Å². The van der Waals surface area contributed by atoms with E-state index in [-0.39, 0.29) is 6.79 Å². The molecule has 7 heteroatoms. The molecule has 1 amide bonds. The first-order valence-corrected chi connectivity index (χ1v) is 8.88. The number of amides is 1. The number of para-hydroxylation sites is 1. The number of carbonyl (C=O) groups is 2. The van der Waals surface area contributed by atoms with Gasteiger partial charge in [0.2, 0.25) is 6.79 Å². The summed E-state index contributed by atoms with van der Waals surface area (Å²) >= 11 is 0. The topological polar surface area (TPSA) is 83.1 Å². The van der Waals surface area contributed by atoms with E-state index in [1.54, 1.807) is 24.3 Å². The smallest absolute Gasteiger partial charge is 0.331 e. The van der Waals surface area contributed by atoms with Crippen LogP contribution in [0.4, 0.5) is 5.69 Å². The van der Waals surface area contributed by atoms with Crippen LogP contribution in [-0.2, 0) is 14.3 Å². The van der Waals surface area contributed by atoms with Gasteiger partial charge in [-0.15, -0.1) is 0 Å². The molecule has 2 aromatic rings. The first-order valence-electron chi connectivity index (χ1n) is 8.88. The van der Waals surface area contributed by atoms with E-state index < -0.39 is 18.0 Å². The zero-order valence-corrected chi connectivity index (χ0v) is 15.6. The van der Waals surface area contributed by atoms with Crippen molar-refractivity contribution in [2.75, 3.05) is 18.7 Å². The van der Waals surface area contributed by atoms with Crippen LogP contribution >= 0.6 is 0 Å². The zero-order chi connectivity index (χ0) is 19.9. The fourth-order valence-corrected chi connectivity index (χ4v) is 2.55. The Morgan fingerprint density at radius 2 is 1.96 bits per heavy atom. The quantitative estimate of drug-likeness (QED) is 0.583. The van der Waals surface area contributed by atoms with Crippen LogP contribution in [-0.4, -0.2) is 31.4 Å². The number of anilines is 1. The minimum atomic E-state index is -0.968. The third kappa shape index (κ3) is 4.82.